The number of piperazine rings is 1. The Kier molecular flexibility index (Phi) is 8.38. The molecule has 8 nitrogen and oxygen atoms in total. The van der Waals surface area contributed by atoms with Crippen molar-refractivity contribution in [3.8, 4) is 0 Å². The largest absolute Gasteiger partial charge is 0.324 e. The molecule has 0 spiro atoms. The second-order valence-electron chi connectivity index (χ2n) is 9.32. The highest BCUT2D eigenvalue weighted by molar-refractivity contribution is 7.89. The number of nitrogens with one attached hydrogen (secondary N) is 2. The minimum atomic E-state index is -3.58. The highest BCUT2D eigenvalue weighted by atomic mass is 32.2. The quantitative estimate of drug-likeness (QED) is 0.468. The highest BCUT2D eigenvalue weighted by Gasteiger charge is 2.29. The van der Waals surface area contributed by atoms with E-state index in [1.54, 1.807) is 48.5 Å². The molecule has 2 amide bonds. The third kappa shape index (κ3) is 6.62. The summed E-state index contributed by atoms with van der Waals surface area (Å²) in [5.74, 6) is -0.250. The van der Waals surface area contributed by atoms with Gasteiger partial charge in [0.15, 0.2) is 0 Å². The van der Waals surface area contributed by atoms with E-state index in [0.29, 0.717) is 49.0 Å². The molecule has 0 aromatic heterocycles. The van der Waals surface area contributed by atoms with Gasteiger partial charge in [-0.05, 0) is 47.9 Å². The summed E-state index contributed by atoms with van der Waals surface area (Å²) in [5, 5.41) is 5.66. The molecule has 0 bridgehead atoms. The number of amides is 2. The molecular formula is C28H32N4O4S. The van der Waals surface area contributed by atoms with Crippen molar-refractivity contribution in [2.75, 3.05) is 43.4 Å². The molecule has 1 fully saturated rings. The topological polar surface area (TPSA) is 98.8 Å². The van der Waals surface area contributed by atoms with E-state index >= 15 is 0 Å². The fourth-order valence-electron chi connectivity index (χ4n) is 4.20. The molecule has 9 heteroatoms. The molecule has 0 radical (unpaired) electrons. The Morgan fingerprint density at radius 3 is 2.08 bits per heavy atom. The van der Waals surface area contributed by atoms with Crippen molar-refractivity contribution < 1.29 is 18.0 Å². The minimum Gasteiger partial charge on any atom is -0.324 e. The van der Waals surface area contributed by atoms with Crippen molar-refractivity contribution in [1.82, 2.24) is 9.21 Å². The van der Waals surface area contributed by atoms with Crippen LogP contribution >= 0.6 is 0 Å². The maximum atomic E-state index is 13.1. The number of carbonyl (C=O) groups excluding carboxylic acids is 2. The van der Waals surface area contributed by atoms with Crippen LogP contribution in [-0.4, -0.2) is 62.2 Å². The maximum absolute atomic E-state index is 13.1. The molecule has 1 aliphatic rings. The Hall–Kier alpha value is -3.53. The summed E-state index contributed by atoms with van der Waals surface area (Å²) in [7, 11) is -3.58. The SMILES string of the molecule is CC(C)c1ccc(S(=O)(=O)N2CCN(CC(=O)Nc3ccccc3C(=O)Nc3ccccc3)CC2)cc1. The fourth-order valence-corrected chi connectivity index (χ4v) is 5.63. The van der Waals surface area contributed by atoms with Gasteiger partial charge in [0.1, 0.15) is 0 Å². The lowest BCUT2D eigenvalue weighted by Gasteiger charge is -2.33. The Morgan fingerprint density at radius 2 is 1.43 bits per heavy atom. The molecule has 0 saturated carbocycles. The average molecular weight is 521 g/mol. The normalized spacial score (nSPS) is 14.9. The highest BCUT2D eigenvalue weighted by Crippen LogP contribution is 2.22. The van der Waals surface area contributed by atoms with E-state index in [1.165, 1.54) is 4.31 Å². The summed E-state index contributed by atoms with van der Waals surface area (Å²) < 4.78 is 27.6. The van der Waals surface area contributed by atoms with Crippen LogP contribution in [0.3, 0.4) is 0 Å². The number of benzene rings is 3. The van der Waals surface area contributed by atoms with E-state index in [-0.39, 0.29) is 23.3 Å². The number of sulfonamides is 1. The Labute approximate surface area is 218 Å². The summed E-state index contributed by atoms with van der Waals surface area (Å²) >= 11 is 0. The average Bonchev–Trinajstić information content (AvgIpc) is 2.90. The van der Waals surface area contributed by atoms with Gasteiger partial charge >= 0.3 is 0 Å². The third-order valence-electron chi connectivity index (χ3n) is 6.36. The predicted molar refractivity (Wildman–Crippen MR) is 145 cm³/mol. The molecule has 1 heterocycles. The van der Waals surface area contributed by atoms with Crippen LogP contribution in [-0.2, 0) is 14.8 Å². The zero-order chi connectivity index (χ0) is 26.4. The molecule has 0 unspecified atom stereocenters. The van der Waals surface area contributed by atoms with Gasteiger partial charge in [0.2, 0.25) is 15.9 Å². The summed E-state index contributed by atoms with van der Waals surface area (Å²) in [6.07, 6.45) is 0. The van der Waals surface area contributed by atoms with Crippen molar-refractivity contribution in [1.29, 1.82) is 0 Å². The van der Waals surface area contributed by atoms with Gasteiger partial charge in [-0.3, -0.25) is 14.5 Å². The smallest absolute Gasteiger partial charge is 0.257 e. The molecular weight excluding hydrogens is 488 g/mol. The number of carbonyl (C=O) groups is 2. The molecule has 194 valence electrons. The molecule has 4 rings (SSSR count). The van der Waals surface area contributed by atoms with E-state index in [1.807, 2.05) is 35.2 Å². The summed E-state index contributed by atoms with van der Waals surface area (Å²) in [5.41, 5.74) is 2.54. The summed E-state index contributed by atoms with van der Waals surface area (Å²) in [4.78, 5) is 27.8. The zero-order valence-corrected chi connectivity index (χ0v) is 21.9. The van der Waals surface area contributed by atoms with E-state index in [9.17, 15) is 18.0 Å². The molecule has 0 atom stereocenters. The lowest BCUT2D eigenvalue weighted by molar-refractivity contribution is -0.117. The first-order valence-electron chi connectivity index (χ1n) is 12.3. The number of hydrogen-bond acceptors (Lipinski definition) is 5. The molecule has 3 aromatic carbocycles. The van der Waals surface area contributed by atoms with Crippen LogP contribution in [0.4, 0.5) is 11.4 Å². The first kappa shape index (κ1) is 26.5. The van der Waals surface area contributed by atoms with E-state index in [2.05, 4.69) is 24.5 Å². The first-order chi connectivity index (χ1) is 17.7. The van der Waals surface area contributed by atoms with Crippen LogP contribution in [0.25, 0.3) is 0 Å². The van der Waals surface area contributed by atoms with Gasteiger partial charge in [-0.1, -0.05) is 56.3 Å². The van der Waals surface area contributed by atoms with Gasteiger partial charge in [-0.15, -0.1) is 0 Å². The molecule has 2 N–H and O–H groups in total. The van der Waals surface area contributed by atoms with Gasteiger partial charge in [0.05, 0.1) is 22.7 Å². The lowest BCUT2D eigenvalue weighted by Crippen LogP contribution is -2.50. The Bertz CT molecular complexity index is 1330. The van der Waals surface area contributed by atoms with Gasteiger partial charge < -0.3 is 10.6 Å². The van der Waals surface area contributed by atoms with Crippen molar-refractivity contribution in [2.24, 2.45) is 0 Å². The van der Waals surface area contributed by atoms with E-state index in [4.69, 9.17) is 0 Å². The first-order valence-corrected chi connectivity index (χ1v) is 13.8. The summed E-state index contributed by atoms with van der Waals surface area (Å²) in [6, 6.07) is 23.0. The van der Waals surface area contributed by atoms with Crippen LogP contribution in [0.5, 0.6) is 0 Å². The second-order valence-corrected chi connectivity index (χ2v) is 11.3. The second kappa shape index (κ2) is 11.7. The van der Waals surface area contributed by atoms with Gasteiger partial charge in [-0.25, -0.2) is 8.42 Å². The van der Waals surface area contributed by atoms with Crippen molar-refractivity contribution in [3.63, 3.8) is 0 Å². The maximum Gasteiger partial charge on any atom is 0.257 e. The van der Waals surface area contributed by atoms with Crippen LogP contribution in [0.2, 0.25) is 0 Å². The Balaban J connectivity index is 1.32. The van der Waals surface area contributed by atoms with Gasteiger partial charge in [0, 0.05) is 31.9 Å². The predicted octanol–water partition coefficient (Wildman–Crippen LogP) is 4.01. The van der Waals surface area contributed by atoms with Crippen molar-refractivity contribution >= 4 is 33.2 Å². The lowest BCUT2D eigenvalue weighted by atomic mass is 10.0. The minimum absolute atomic E-state index is 0.103. The van der Waals surface area contributed by atoms with E-state index < -0.39 is 10.0 Å². The molecule has 3 aromatic rings. The van der Waals surface area contributed by atoms with Crippen molar-refractivity contribution in [3.05, 3.63) is 90.0 Å². The number of rotatable bonds is 8. The number of nitrogens with zero attached hydrogens (tertiary/aromatic N) is 2. The number of para-hydroxylation sites is 2. The molecule has 1 saturated heterocycles. The monoisotopic (exact) mass is 520 g/mol. The third-order valence-corrected chi connectivity index (χ3v) is 8.27. The van der Waals surface area contributed by atoms with E-state index in [0.717, 1.165) is 5.56 Å². The molecule has 37 heavy (non-hydrogen) atoms. The van der Waals surface area contributed by atoms with Gasteiger partial charge in [0.25, 0.3) is 5.91 Å². The Morgan fingerprint density at radius 1 is 0.811 bits per heavy atom. The van der Waals surface area contributed by atoms with Crippen LogP contribution in [0.15, 0.2) is 83.8 Å². The fraction of sp³-hybridized carbons (Fsp3) is 0.286. The van der Waals surface area contributed by atoms with Crippen LogP contribution < -0.4 is 10.6 Å². The molecule has 0 aliphatic carbocycles. The standard InChI is InChI=1S/C28H32N4O4S/c1-21(2)22-12-14-24(15-13-22)37(35,36)32-18-16-31(17-19-32)20-27(33)30-26-11-7-6-10-25(26)28(34)29-23-8-4-3-5-9-23/h3-15,21H,16-20H2,1-2H3,(H,29,34)(H,30,33). The number of anilines is 2. The van der Waals surface area contributed by atoms with Crippen LogP contribution in [0.1, 0.15) is 35.7 Å². The van der Waals surface area contributed by atoms with Crippen LogP contribution in [0, 0.1) is 0 Å². The zero-order valence-electron chi connectivity index (χ0n) is 21.1. The molecule has 1 aliphatic heterocycles. The van der Waals surface area contributed by atoms with Crippen molar-refractivity contribution in [2.45, 2.75) is 24.7 Å². The summed E-state index contributed by atoms with van der Waals surface area (Å²) in [6.45, 7) is 5.72. The van der Waals surface area contributed by atoms with Gasteiger partial charge in [-0.2, -0.15) is 4.31 Å². The number of hydrogen-bond donors (Lipinski definition) is 2.